The van der Waals surface area contributed by atoms with Gasteiger partial charge in [0.2, 0.25) is 5.88 Å². The van der Waals surface area contributed by atoms with Crippen LogP contribution in [-0.4, -0.2) is 46.0 Å². The average molecular weight is 345 g/mol. The standard InChI is InChI=1S/C16H22F3N3O2/c17-16(18,19)15(23)6-8-22(9-7-15)13-10-20-11-14(21-13)24-12-4-2-1-3-5-12/h10-12,23H,1-9H2. The third-order valence-electron chi connectivity index (χ3n) is 4.88. The molecule has 1 aromatic heterocycles. The maximum atomic E-state index is 12.9. The summed E-state index contributed by atoms with van der Waals surface area (Å²) in [6, 6.07) is 0. The van der Waals surface area contributed by atoms with Gasteiger partial charge in [-0.05, 0) is 25.7 Å². The lowest BCUT2D eigenvalue weighted by atomic mass is 9.91. The fourth-order valence-corrected chi connectivity index (χ4v) is 3.29. The first kappa shape index (κ1) is 17.3. The number of aliphatic hydroxyl groups is 1. The Balaban J connectivity index is 1.62. The predicted octanol–water partition coefficient (Wildman–Crippen LogP) is 3.08. The van der Waals surface area contributed by atoms with Crippen molar-refractivity contribution in [1.82, 2.24) is 9.97 Å². The van der Waals surface area contributed by atoms with Gasteiger partial charge in [0.05, 0.1) is 12.4 Å². The van der Waals surface area contributed by atoms with Crippen LogP contribution in [0.5, 0.6) is 5.88 Å². The van der Waals surface area contributed by atoms with E-state index in [1.807, 2.05) is 0 Å². The minimum Gasteiger partial charge on any atom is -0.473 e. The SMILES string of the molecule is OC1(C(F)(F)F)CCN(c2cncc(OC3CCCCC3)n2)CC1. The lowest BCUT2D eigenvalue weighted by Crippen LogP contribution is -2.53. The first-order chi connectivity index (χ1) is 11.4. The summed E-state index contributed by atoms with van der Waals surface area (Å²) in [6.07, 6.45) is 3.35. The van der Waals surface area contributed by atoms with Crippen molar-refractivity contribution in [3.05, 3.63) is 12.4 Å². The lowest BCUT2D eigenvalue weighted by molar-refractivity contribution is -0.266. The number of anilines is 1. The maximum Gasteiger partial charge on any atom is 0.417 e. The number of ether oxygens (including phenoxy) is 1. The Kier molecular flexibility index (Phi) is 4.85. The largest absolute Gasteiger partial charge is 0.473 e. The van der Waals surface area contributed by atoms with Gasteiger partial charge in [-0.15, -0.1) is 0 Å². The Bertz CT molecular complexity index is 554. The molecular weight excluding hydrogens is 323 g/mol. The Morgan fingerprint density at radius 1 is 1.12 bits per heavy atom. The fraction of sp³-hybridized carbons (Fsp3) is 0.750. The van der Waals surface area contributed by atoms with Gasteiger partial charge in [0.1, 0.15) is 6.10 Å². The molecule has 0 atom stereocenters. The van der Waals surface area contributed by atoms with E-state index in [9.17, 15) is 18.3 Å². The van der Waals surface area contributed by atoms with Crippen LogP contribution in [0.3, 0.4) is 0 Å². The molecule has 3 rings (SSSR count). The van der Waals surface area contributed by atoms with E-state index in [0.717, 1.165) is 25.7 Å². The molecule has 1 aromatic rings. The summed E-state index contributed by atoms with van der Waals surface area (Å²) in [5.74, 6) is 0.906. The molecule has 0 unspecified atom stereocenters. The summed E-state index contributed by atoms with van der Waals surface area (Å²) < 4.78 is 44.4. The molecule has 1 saturated heterocycles. The molecule has 1 N–H and O–H groups in total. The number of hydrogen-bond acceptors (Lipinski definition) is 5. The second kappa shape index (κ2) is 6.74. The van der Waals surface area contributed by atoms with E-state index in [2.05, 4.69) is 9.97 Å². The molecule has 5 nitrogen and oxygen atoms in total. The number of alkyl halides is 3. The summed E-state index contributed by atoms with van der Waals surface area (Å²) in [4.78, 5) is 10.2. The van der Waals surface area contributed by atoms with Crippen molar-refractivity contribution in [2.75, 3.05) is 18.0 Å². The van der Waals surface area contributed by atoms with Crippen molar-refractivity contribution in [1.29, 1.82) is 0 Å². The molecular formula is C16H22F3N3O2. The van der Waals surface area contributed by atoms with E-state index in [-0.39, 0.29) is 32.0 Å². The zero-order chi connectivity index (χ0) is 17.2. The molecule has 0 bridgehead atoms. The lowest BCUT2D eigenvalue weighted by Gasteiger charge is -2.39. The number of piperidine rings is 1. The molecule has 1 saturated carbocycles. The molecule has 0 aromatic carbocycles. The quantitative estimate of drug-likeness (QED) is 0.912. The predicted molar refractivity (Wildman–Crippen MR) is 82.0 cm³/mol. The molecule has 1 aliphatic heterocycles. The molecule has 2 heterocycles. The van der Waals surface area contributed by atoms with Gasteiger partial charge in [0.15, 0.2) is 11.4 Å². The van der Waals surface area contributed by atoms with Crippen LogP contribution in [0.2, 0.25) is 0 Å². The van der Waals surface area contributed by atoms with Crippen molar-refractivity contribution < 1.29 is 23.0 Å². The van der Waals surface area contributed by atoms with Crippen LogP contribution in [-0.2, 0) is 0 Å². The van der Waals surface area contributed by atoms with Crippen molar-refractivity contribution in [3.63, 3.8) is 0 Å². The third kappa shape index (κ3) is 3.74. The monoisotopic (exact) mass is 345 g/mol. The molecule has 0 radical (unpaired) electrons. The topological polar surface area (TPSA) is 58.5 Å². The Hall–Kier alpha value is -1.57. The van der Waals surface area contributed by atoms with E-state index >= 15 is 0 Å². The maximum absolute atomic E-state index is 12.9. The molecule has 1 aliphatic carbocycles. The average Bonchev–Trinajstić information content (AvgIpc) is 2.56. The van der Waals surface area contributed by atoms with Gasteiger partial charge in [-0.25, -0.2) is 0 Å². The van der Waals surface area contributed by atoms with Crippen LogP contribution in [0.1, 0.15) is 44.9 Å². The Morgan fingerprint density at radius 2 is 1.79 bits per heavy atom. The van der Waals surface area contributed by atoms with Crippen molar-refractivity contribution >= 4 is 5.82 Å². The van der Waals surface area contributed by atoms with Crippen LogP contribution in [0.15, 0.2) is 12.4 Å². The minimum absolute atomic E-state index is 0.0809. The molecule has 2 fully saturated rings. The fourth-order valence-electron chi connectivity index (χ4n) is 3.29. The van der Waals surface area contributed by atoms with E-state index in [1.165, 1.54) is 18.8 Å². The van der Waals surface area contributed by atoms with Crippen LogP contribution >= 0.6 is 0 Å². The second-order valence-corrected chi connectivity index (χ2v) is 6.61. The van der Waals surface area contributed by atoms with Gasteiger partial charge < -0.3 is 14.7 Å². The number of halogens is 3. The Labute approximate surface area is 138 Å². The highest BCUT2D eigenvalue weighted by atomic mass is 19.4. The molecule has 0 amide bonds. The molecule has 2 aliphatic rings. The summed E-state index contributed by atoms with van der Waals surface area (Å²) in [7, 11) is 0. The van der Waals surface area contributed by atoms with Gasteiger partial charge in [-0.3, -0.25) is 4.98 Å². The van der Waals surface area contributed by atoms with Crippen LogP contribution in [0, 0.1) is 0 Å². The summed E-state index contributed by atoms with van der Waals surface area (Å²) >= 11 is 0. The highest BCUT2D eigenvalue weighted by Gasteiger charge is 2.54. The third-order valence-corrected chi connectivity index (χ3v) is 4.88. The Morgan fingerprint density at radius 3 is 2.42 bits per heavy atom. The van der Waals surface area contributed by atoms with Gasteiger partial charge in [0, 0.05) is 25.9 Å². The zero-order valence-electron chi connectivity index (χ0n) is 13.4. The number of rotatable bonds is 3. The number of aromatic nitrogens is 2. The zero-order valence-corrected chi connectivity index (χ0v) is 13.4. The first-order valence-electron chi connectivity index (χ1n) is 8.40. The highest BCUT2D eigenvalue weighted by molar-refractivity contribution is 5.38. The molecule has 0 spiro atoms. The smallest absolute Gasteiger partial charge is 0.417 e. The van der Waals surface area contributed by atoms with Gasteiger partial charge in [-0.1, -0.05) is 6.42 Å². The van der Waals surface area contributed by atoms with E-state index in [1.54, 1.807) is 4.90 Å². The van der Waals surface area contributed by atoms with Crippen LogP contribution < -0.4 is 9.64 Å². The normalized spacial score (nSPS) is 22.4. The number of hydrogen-bond donors (Lipinski definition) is 1. The molecule has 8 heteroatoms. The summed E-state index contributed by atoms with van der Waals surface area (Å²) in [6.45, 7) is 0.162. The number of nitrogens with zero attached hydrogens (tertiary/aromatic N) is 3. The van der Waals surface area contributed by atoms with Crippen molar-refractivity contribution in [2.45, 2.75) is 62.8 Å². The van der Waals surface area contributed by atoms with Crippen molar-refractivity contribution in [3.8, 4) is 5.88 Å². The first-order valence-corrected chi connectivity index (χ1v) is 8.40. The summed E-state index contributed by atoms with van der Waals surface area (Å²) in [5.41, 5.74) is -2.60. The van der Waals surface area contributed by atoms with Gasteiger partial charge in [-0.2, -0.15) is 18.2 Å². The van der Waals surface area contributed by atoms with E-state index < -0.39 is 11.8 Å². The minimum atomic E-state index is -4.60. The second-order valence-electron chi connectivity index (χ2n) is 6.61. The van der Waals surface area contributed by atoms with Crippen LogP contribution in [0.25, 0.3) is 0 Å². The molecule has 24 heavy (non-hydrogen) atoms. The van der Waals surface area contributed by atoms with Crippen molar-refractivity contribution in [2.24, 2.45) is 0 Å². The molecule has 134 valence electrons. The van der Waals surface area contributed by atoms with Gasteiger partial charge >= 0.3 is 6.18 Å². The summed E-state index contributed by atoms with van der Waals surface area (Å²) in [5, 5.41) is 9.73. The van der Waals surface area contributed by atoms with Crippen LogP contribution in [0.4, 0.5) is 19.0 Å². The van der Waals surface area contributed by atoms with Gasteiger partial charge in [0.25, 0.3) is 0 Å². The van der Waals surface area contributed by atoms with E-state index in [4.69, 9.17) is 4.74 Å². The van der Waals surface area contributed by atoms with E-state index in [0.29, 0.717) is 11.7 Å². The highest BCUT2D eigenvalue weighted by Crippen LogP contribution is 2.39.